The van der Waals surface area contributed by atoms with Crippen molar-refractivity contribution in [1.29, 1.82) is 0 Å². The zero-order valence-corrected chi connectivity index (χ0v) is 16.1. The van der Waals surface area contributed by atoms with E-state index in [-0.39, 0.29) is 6.42 Å². The molecule has 1 saturated heterocycles. The standard InChI is InChI=1S/C18H21N3O4S2/c19-17(24)12-7-13(22)16(23)15-14(12)20(8-10-3-1-5-25-10)18(26)21(15)9-11-4-2-6-27-11/h1-6,12-16,22-23H,7-9H2,(H2,19,24)/t12-,13-,14+,15-,16+/m1/s1. The van der Waals surface area contributed by atoms with Crippen molar-refractivity contribution in [3.8, 4) is 0 Å². The fourth-order valence-electron chi connectivity index (χ4n) is 4.17. The monoisotopic (exact) mass is 407 g/mol. The average Bonchev–Trinajstić information content (AvgIpc) is 3.37. The van der Waals surface area contributed by atoms with Gasteiger partial charge < -0.3 is 30.2 Å². The Kier molecular flexibility index (Phi) is 4.94. The molecular formula is C18H21N3O4S2. The van der Waals surface area contributed by atoms with Crippen LogP contribution in [0, 0.1) is 5.92 Å². The predicted octanol–water partition coefficient (Wildman–Crippen LogP) is 0.908. The van der Waals surface area contributed by atoms with E-state index in [9.17, 15) is 15.0 Å². The number of carbonyl (C=O) groups excluding carboxylic acids is 1. The molecule has 2 aromatic rings. The van der Waals surface area contributed by atoms with Crippen molar-refractivity contribution in [2.45, 2.75) is 43.8 Å². The Bertz CT molecular complexity index is 811. The Morgan fingerprint density at radius 3 is 2.67 bits per heavy atom. The van der Waals surface area contributed by atoms with Crippen molar-refractivity contribution in [2.24, 2.45) is 11.7 Å². The fourth-order valence-corrected chi connectivity index (χ4v) is 5.24. The van der Waals surface area contributed by atoms with E-state index in [2.05, 4.69) is 0 Å². The molecule has 144 valence electrons. The maximum Gasteiger partial charge on any atom is 0.222 e. The molecule has 5 atom stereocenters. The number of primary amides is 1. The summed E-state index contributed by atoms with van der Waals surface area (Å²) in [6.07, 6.45) is -0.353. The lowest BCUT2D eigenvalue weighted by molar-refractivity contribution is -0.133. The molecule has 4 N–H and O–H groups in total. The van der Waals surface area contributed by atoms with E-state index in [1.165, 1.54) is 0 Å². The first-order chi connectivity index (χ1) is 13.0. The molecule has 1 saturated carbocycles. The molecule has 0 unspecified atom stereocenters. The van der Waals surface area contributed by atoms with Crippen molar-refractivity contribution >= 4 is 34.6 Å². The van der Waals surface area contributed by atoms with E-state index < -0.39 is 36.1 Å². The van der Waals surface area contributed by atoms with Crippen LogP contribution in [0.2, 0.25) is 0 Å². The van der Waals surface area contributed by atoms with Gasteiger partial charge in [-0.3, -0.25) is 4.79 Å². The number of thiocarbonyl (C=S) groups is 1. The first kappa shape index (κ1) is 18.4. The molecule has 1 aliphatic carbocycles. The summed E-state index contributed by atoms with van der Waals surface area (Å²) in [5.41, 5.74) is 5.65. The molecule has 4 rings (SSSR count). The maximum atomic E-state index is 12.1. The summed E-state index contributed by atoms with van der Waals surface area (Å²) in [6, 6.07) is 6.65. The van der Waals surface area contributed by atoms with Gasteiger partial charge in [0.25, 0.3) is 0 Å². The van der Waals surface area contributed by atoms with Gasteiger partial charge in [0.15, 0.2) is 5.11 Å². The molecular weight excluding hydrogens is 386 g/mol. The lowest BCUT2D eigenvalue weighted by atomic mass is 9.77. The minimum atomic E-state index is -1.03. The van der Waals surface area contributed by atoms with E-state index in [1.807, 2.05) is 33.4 Å². The molecule has 2 aliphatic rings. The lowest BCUT2D eigenvalue weighted by Gasteiger charge is -2.42. The number of rotatable bonds is 5. The molecule has 0 radical (unpaired) electrons. The van der Waals surface area contributed by atoms with Crippen LogP contribution < -0.4 is 5.73 Å². The molecule has 1 amide bonds. The summed E-state index contributed by atoms with van der Waals surface area (Å²) in [5, 5.41) is 23.6. The third kappa shape index (κ3) is 3.25. The predicted molar refractivity (Wildman–Crippen MR) is 104 cm³/mol. The smallest absolute Gasteiger partial charge is 0.222 e. The van der Waals surface area contributed by atoms with Crippen LogP contribution in [0.15, 0.2) is 40.3 Å². The number of nitrogens with zero attached hydrogens (tertiary/aromatic N) is 2. The van der Waals surface area contributed by atoms with Crippen molar-refractivity contribution in [3.63, 3.8) is 0 Å². The van der Waals surface area contributed by atoms with Crippen LogP contribution in [0.25, 0.3) is 0 Å². The first-order valence-electron chi connectivity index (χ1n) is 8.75. The van der Waals surface area contributed by atoms with Crippen LogP contribution in [0.5, 0.6) is 0 Å². The van der Waals surface area contributed by atoms with E-state index in [0.717, 1.165) is 4.88 Å². The first-order valence-corrected chi connectivity index (χ1v) is 10.0. The van der Waals surface area contributed by atoms with Gasteiger partial charge in [0.1, 0.15) is 11.9 Å². The molecule has 0 aromatic carbocycles. The zero-order chi connectivity index (χ0) is 19.1. The average molecular weight is 408 g/mol. The highest BCUT2D eigenvalue weighted by Gasteiger charge is 2.56. The van der Waals surface area contributed by atoms with Gasteiger partial charge in [0.2, 0.25) is 5.91 Å². The van der Waals surface area contributed by atoms with Crippen LogP contribution >= 0.6 is 23.6 Å². The second-order valence-corrected chi connectivity index (χ2v) is 8.38. The molecule has 1 aliphatic heterocycles. The number of fused-ring (bicyclic) bond motifs is 1. The number of aliphatic hydroxyl groups is 2. The summed E-state index contributed by atoms with van der Waals surface area (Å²) in [6.45, 7) is 0.877. The van der Waals surface area contributed by atoms with Crippen molar-refractivity contribution in [2.75, 3.05) is 0 Å². The summed E-state index contributed by atoms with van der Waals surface area (Å²) >= 11 is 7.32. The third-order valence-corrected chi connectivity index (χ3v) is 6.72. The van der Waals surface area contributed by atoms with Crippen LogP contribution in [-0.2, 0) is 17.9 Å². The normalized spacial score (nSPS) is 30.6. The Morgan fingerprint density at radius 2 is 2.04 bits per heavy atom. The number of aliphatic hydroxyl groups excluding tert-OH is 2. The number of thiophene rings is 1. The zero-order valence-electron chi connectivity index (χ0n) is 14.5. The van der Waals surface area contributed by atoms with Gasteiger partial charge >= 0.3 is 0 Å². The van der Waals surface area contributed by atoms with Crippen molar-refractivity contribution in [1.82, 2.24) is 9.80 Å². The minimum absolute atomic E-state index is 0.113. The third-order valence-electron chi connectivity index (χ3n) is 5.39. The van der Waals surface area contributed by atoms with Crippen LogP contribution in [0.3, 0.4) is 0 Å². The molecule has 7 nitrogen and oxygen atoms in total. The van der Waals surface area contributed by atoms with Crippen molar-refractivity contribution in [3.05, 3.63) is 46.5 Å². The number of furan rings is 1. The van der Waals surface area contributed by atoms with Gasteiger partial charge in [-0.05, 0) is 42.2 Å². The molecule has 3 heterocycles. The molecule has 2 fully saturated rings. The number of carbonyl (C=O) groups is 1. The number of hydrogen-bond donors (Lipinski definition) is 3. The Morgan fingerprint density at radius 1 is 1.26 bits per heavy atom. The van der Waals surface area contributed by atoms with E-state index in [0.29, 0.717) is 24.0 Å². The molecule has 9 heteroatoms. The number of amides is 1. The summed E-state index contributed by atoms with van der Waals surface area (Å²) in [7, 11) is 0. The fraction of sp³-hybridized carbons (Fsp3) is 0.444. The highest BCUT2D eigenvalue weighted by atomic mass is 32.1. The Hall–Kier alpha value is -1.94. The largest absolute Gasteiger partial charge is 0.467 e. The van der Waals surface area contributed by atoms with Crippen LogP contribution in [-0.4, -0.2) is 55.3 Å². The second kappa shape index (κ2) is 7.23. The van der Waals surface area contributed by atoms with E-state index >= 15 is 0 Å². The van der Waals surface area contributed by atoms with Gasteiger partial charge in [-0.15, -0.1) is 11.3 Å². The van der Waals surface area contributed by atoms with Crippen LogP contribution in [0.4, 0.5) is 0 Å². The molecule has 2 aromatic heterocycles. The Balaban J connectivity index is 1.72. The molecule has 27 heavy (non-hydrogen) atoms. The number of hydrogen-bond acceptors (Lipinski definition) is 6. The van der Waals surface area contributed by atoms with Gasteiger partial charge in [0, 0.05) is 4.88 Å². The summed E-state index contributed by atoms with van der Waals surface area (Å²) in [4.78, 5) is 17.0. The summed E-state index contributed by atoms with van der Waals surface area (Å²) < 4.78 is 5.46. The van der Waals surface area contributed by atoms with Crippen LogP contribution in [0.1, 0.15) is 17.1 Å². The summed E-state index contributed by atoms with van der Waals surface area (Å²) in [5.74, 6) is -0.409. The molecule has 0 bridgehead atoms. The van der Waals surface area contributed by atoms with Gasteiger partial charge in [-0.2, -0.15) is 0 Å². The number of nitrogens with two attached hydrogens (primary N) is 1. The second-order valence-electron chi connectivity index (χ2n) is 6.98. The van der Waals surface area contributed by atoms with Gasteiger partial charge in [-0.1, -0.05) is 6.07 Å². The van der Waals surface area contributed by atoms with Gasteiger partial charge in [0.05, 0.1) is 43.5 Å². The highest BCUT2D eigenvalue weighted by molar-refractivity contribution is 7.80. The van der Waals surface area contributed by atoms with Crippen molar-refractivity contribution < 1.29 is 19.4 Å². The maximum absolute atomic E-state index is 12.1. The highest BCUT2D eigenvalue weighted by Crippen LogP contribution is 2.40. The quantitative estimate of drug-likeness (QED) is 0.633. The molecule has 0 spiro atoms. The SMILES string of the molecule is NC(=O)[C@@H]1C[C@@H](O)[C@H](O)[C@H]2[C@H]1N(Cc1ccco1)C(=S)N2Cc1cccs1. The lowest BCUT2D eigenvalue weighted by Crippen LogP contribution is -2.60. The van der Waals surface area contributed by atoms with Gasteiger partial charge in [-0.25, -0.2) is 0 Å². The minimum Gasteiger partial charge on any atom is -0.467 e. The Labute approximate surface area is 166 Å². The topological polar surface area (TPSA) is 103 Å². The van der Waals surface area contributed by atoms with E-state index in [4.69, 9.17) is 22.4 Å². The van der Waals surface area contributed by atoms with E-state index in [1.54, 1.807) is 23.7 Å².